The molecule has 0 aromatic carbocycles. The maximum Gasteiger partial charge on any atom is 0.184 e. The molecule has 3 rings (SSSR count). The molecule has 0 amide bonds. The van der Waals surface area contributed by atoms with E-state index in [-0.39, 0.29) is 0 Å². The third kappa shape index (κ3) is 2.13. The number of nitrogens with one attached hydrogen (secondary N) is 2. The zero-order chi connectivity index (χ0) is 13.2. The first-order valence-corrected chi connectivity index (χ1v) is 5.47. The quantitative estimate of drug-likeness (QED) is 0.444. The van der Waals surface area contributed by atoms with Gasteiger partial charge in [-0.2, -0.15) is 20.5 Å². The van der Waals surface area contributed by atoms with E-state index >= 15 is 0 Å². The van der Waals surface area contributed by atoms with Crippen LogP contribution in [0.25, 0.3) is 22.8 Å². The number of rotatable bonds is 3. The van der Waals surface area contributed by atoms with E-state index in [1.807, 2.05) is 13.2 Å². The van der Waals surface area contributed by atoms with Crippen LogP contribution in [0.15, 0.2) is 24.7 Å². The van der Waals surface area contributed by atoms with Crippen molar-refractivity contribution in [1.29, 1.82) is 0 Å². The number of nitrogens with two attached hydrogens (primary N) is 1. The largest absolute Gasteiger partial charge is 0.308 e. The number of aromatic amines is 1. The first kappa shape index (κ1) is 11.3. The molecule has 0 fully saturated rings. The molecule has 0 spiro atoms. The molecule has 0 aliphatic carbocycles. The highest BCUT2D eigenvalue weighted by Crippen LogP contribution is 2.22. The summed E-state index contributed by atoms with van der Waals surface area (Å²) < 4.78 is 1.70. The van der Waals surface area contributed by atoms with E-state index in [0.717, 1.165) is 5.56 Å². The Morgan fingerprint density at radius 1 is 1.26 bits per heavy atom. The minimum atomic E-state index is 0.433. The van der Waals surface area contributed by atoms with Gasteiger partial charge >= 0.3 is 0 Å². The Kier molecular flexibility index (Phi) is 2.65. The second kappa shape index (κ2) is 4.46. The number of aryl methyl sites for hydroxylation is 1. The fraction of sp³-hybridized carbons (Fsp3) is 0.100. The number of hydrazine groups is 1. The van der Waals surface area contributed by atoms with Gasteiger partial charge in [-0.05, 0) is 0 Å². The third-order valence-electron chi connectivity index (χ3n) is 2.52. The van der Waals surface area contributed by atoms with E-state index in [2.05, 4.69) is 35.9 Å². The predicted molar refractivity (Wildman–Crippen MR) is 67.4 cm³/mol. The molecule has 9 nitrogen and oxygen atoms in total. The van der Waals surface area contributed by atoms with E-state index in [4.69, 9.17) is 5.84 Å². The molecular weight excluding hydrogens is 246 g/mol. The van der Waals surface area contributed by atoms with Crippen LogP contribution in [0.1, 0.15) is 0 Å². The molecular formula is C10H11N9. The van der Waals surface area contributed by atoms with E-state index < -0.39 is 0 Å². The van der Waals surface area contributed by atoms with E-state index in [0.29, 0.717) is 23.0 Å². The van der Waals surface area contributed by atoms with Gasteiger partial charge in [-0.3, -0.25) is 4.68 Å². The number of anilines is 1. The maximum absolute atomic E-state index is 5.42. The van der Waals surface area contributed by atoms with Gasteiger partial charge in [0.05, 0.1) is 18.1 Å². The van der Waals surface area contributed by atoms with E-state index in [1.54, 1.807) is 23.1 Å². The van der Waals surface area contributed by atoms with Crippen LogP contribution in [0.2, 0.25) is 0 Å². The number of nitrogens with zero attached hydrogens (tertiary/aromatic N) is 6. The fourth-order valence-corrected chi connectivity index (χ4v) is 1.65. The summed E-state index contributed by atoms with van der Waals surface area (Å²) in [5.41, 5.74) is 4.62. The summed E-state index contributed by atoms with van der Waals surface area (Å²) in [6.45, 7) is 0. The monoisotopic (exact) mass is 257 g/mol. The minimum absolute atomic E-state index is 0.433. The topological polar surface area (TPSA) is 123 Å². The molecule has 0 radical (unpaired) electrons. The fourth-order valence-electron chi connectivity index (χ4n) is 1.65. The Labute approximate surface area is 107 Å². The molecule has 0 bridgehead atoms. The first-order chi connectivity index (χ1) is 9.26. The van der Waals surface area contributed by atoms with Gasteiger partial charge in [-0.25, -0.2) is 15.8 Å². The lowest BCUT2D eigenvalue weighted by molar-refractivity contribution is 0.768. The van der Waals surface area contributed by atoms with Crippen LogP contribution >= 0.6 is 0 Å². The number of hydrogen-bond acceptors (Lipinski definition) is 7. The van der Waals surface area contributed by atoms with Crippen molar-refractivity contribution in [3.8, 4) is 22.8 Å². The van der Waals surface area contributed by atoms with Gasteiger partial charge in [0.15, 0.2) is 5.82 Å². The van der Waals surface area contributed by atoms with Gasteiger partial charge in [0, 0.05) is 24.9 Å². The summed E-state index contributed by atoms with van der Waals surface area (Å²) in [4.78, 5) is 8.65. The Morgan fingerprint density at radius 3 is 2.79 bits per heavy atom. The molecule has 4 N–H and O–H groups in total. The molecule has 0 aliphatic heterocycles. The normalized spacial score (nSPS) is 10.6. The van der Waals surface area contributed by atoms with Gasteiger partial charge in [-0.1, -0.05) is 0 Å². The Hall–Kier alpha value is -2.81. The molecule has 3 aromatic rings. The summed E-state index contributed by atoms with van der Waals surface area (Å²) >= 11 is 0. The molecule has 0 saturated heterocycles. The standard InChI is InChI=1S/C10H11N9/c1-19-5-6(3-13-19)7-2-9(16-11)15-10(14-7)8-4-12-18-17-8/h2-5H,11H2,1H3,(H,12,17,18)(H,14,15,16). The smallest absolute Gasteiger partial charge is 0.184 e. The second-order valence-electron chi connectivity index (χ2n) is 3.86. The average Bonchev–Trinajstić information content (AvgIpc) is 3.09. The van der Waals surface area contributed by atoms with Crippen molar-refractivity contribution in [3.63, 3.8) is 0 Å². The van der Waals surface area contributed by atoms with Crippen LogP contribution in [0.4, 0.5) is 5.82 Å². The van der Waals surface area contributed by atoms with Crippen molar-refractivity contribution in [2.45, 2.75) is 0 Å². The highest BCUT2D eigenvalue weighted by Gasteiger charge is 2.11. The number of nitrogen functional groups attached to an aromatic ring is 1. The lowest BCUT2D eigenvalue weighted by Gasteiger charge is -2.04. The highest BCUT2D eigenvalue weighted by atomic mass is 15.3. The van der Waals surface area contributed by atoms with Crippen LogP contribution in [-0.4, -0.2) is 35.2 Å². The number of H-pyrrole nitrogens is 1. The summed E-state index contributed by atoms with van der Waals surface area (Å²) in [6, 6.07) is 1.74. The number of aromatic nitrogens is 7. The van der Waals surface area contributed by atoms with Gasteiger partial charge in [0.25, 0.3) is 0 Å². The molecule has 0 unspecified atom stereocenters. The van der Waals surface area contributed by atoms with Crippen molar-refractivity contribution in [1.82, 2.24) is 35.2 Å². The third-order valence-corrected chi connectivity index (χ3v) is 2.52. The Bertz CT molecular complexity index is 685. The Balaban J connectivity index is 2.12. The highest BCUT2D eigenvalue weighted by molar-refractivity contribution is 5.64. The number of hydrogen-bond donors (Lipinski definition) is 3. The molecule has 96 valence electrons. The minimum Gasteiger partial charge on any atom is -0.308 e. The van der Waals surface area contributed by atoms with Crippen LogP contribution in [0, 0.1) is 0 Å². The van der Waals surface area contributed by atoms with Crippen LogP contribution in [0.3, 0.4) is 0 Å². The van der Waals surface area contributed by atoms with Gasteiger partial charge in [-0.15, -0.1) is 0 Å². The second-order valence-corrected chi connectivity index (χ2v) is 3.86. The zero-order valence-electron chi connectivity index (χ0n) is 10.1. The molecule has 3 aromatic heterocycles. The molecule has 19 heavy (non-hydrogen) atoms. The van der Waals surface area contributed by atoms with Crippen molar-refractivity contribution >= 4 is 5.82 Å². The molecule has 0 aliphatic rings. The molecule has 3 heterocycles. The van der Waals surface area contributed by atoms with E-state index in [9.17, 15) is 0 Å². The van der Waals surface area contributed by atoms with Crippen molar-refractivity contribution in [2.75, 3.05) is 5.43 Å². The molecule has 9 heteroatoms. The van der Waals surface area contributed by atoms with Crippen molar-refractivity contribution in [2.24, 2.45) is 12.9 Å². The summed E-state index contributed by atoms with van der Waals surface area (Å²) in [5.74, 6) is 6.35. The lowest BCUT2D eigenvalue weighted by atomic mass is 10.2. The average molecular weight is 257 g/mol. The van der Waals surface area contributed by atoms with Gasteiger partial charge < -0.3 is 5.43 Å². The summed E-state index contributed by atoms with van der Waals surface area (Å²) in [6.07, 6.45) is 5.12. The molecule has 0 saturated carbocycles. The van der Waals surface area contributed by atoms with Crippen LogP contribution in [0.5, 0.6) is 0 Å². The van der Waals surface area contributed by atoms with Gasteiger partial charge in [0.1, 0.15) is 11.5 Å². The predicted octanol–water partition coefficient (Wildman–Crippen LogP) is -0.0522. The zero-order valence-corrected chi connectivity index (χ0v) is 10.1. The van der Waals surface area contributed by atoms with E-state index in [1.165, 1.54) is 0 Å². The lowest BCUT2D eigenvalue weighted by Crippen LogP contribution is -2.10. The Morgan fingerprint density at radius 2 is 2.16 bits per heavy atom. The van der Waals surface area contributed by atoms with Crippen LogP contribution in [-0.2, 0) is 7.05 Å². The van der Waals surface area contributed by atoms with Crippen molar-refractivity contribution < 1.29 is 0 Å². The summed E-state index contributed by atoms with van der Waals surface area (Å²) in [7, 11) is 1.84. The molecule has 0 atom stereocenters. The van der Waals surface area contributed by atoms with Gasteiger partial charge in [0.2, 0.25) is 0 Å². The SMILES string of the molecule is Cn1cc(-c2cc(NN)nc(-c3cn[nH]n3)n2)cn1. The van der Waals surface area contributed by atoms with Crippen LogP contribution < -0.4 is 11.3 Å². The van der Waals surface area contributed by atoms with Crippen molar-refractivity contribution in [3.05, 3.63) is 24.7 Å². The first-order valence-electron chi connectivity index (χ1n) is 5.47. The maximum atomic E-state index is 5.42. The summed E-state index contributed by atoms with van der Waals surface area (Å²) in [5, 5.41) is 14.3.